The van der Waals surface area contributed by atoms with Crippen LogP contribution in [0.25, 0.3) is 0 Å². The van der Waals surface area contributed by atoms with Gasteiger partial charge in [-0.2, -0.15) is 0 Å². The van der Waals surface area contributed by atoms with Crippen LogP contribution in [-0.4, -0.2) is 34.3 Å². The molecule has 0 aromatic heterocycles. The summed E-state index contributed by atoms with van der Waals surface area (Å²) in [6.07, 6.45) is 0. The van der Waals surface area contributed by atoms with Crippen molar-refractivity contribution in [3.05, 3.63) is 33.9 Å². The lowest BCUT2D eigenvalue weighted by Gasteiger charge is -2.06. The Balaban J connectivity index is 3.13. The van der Waals surface area contributed by atoms with Gasteiger partial charge in [0.05, 0.1) is 11.5 Å². The van der Waals surface area contributed by atoms with Gasteiger partial charge in [-0.1, -0.05) is 5.16 Å². The zero-order chi connectivity index (χ0) is 12.8. The number of nitro benzene ring substituents is 1. The second kappa shape index (κ2) is 5.66. The Morgan fingerprint density at radius 2 is 2.29 bits per heavy atom. The van der Waals surface area contributed by atoms with Gasteiger partial charge >= 0.3 is 5.69 Å². The van der Waals surface area contributed by atoms with Crippen LogP contribution in [0.5, 0.6) is 5.75 Å². The van der Waals surface area contributed by atoms with E-state index in [4.69, 9.17) is 20.8 Å². The Kier molecular flexibility index (Phi) is 4.23. The van der Waals surface area contributed by atoms with Gasteiger partial charge in [-0.05, 0) is 12.1 Å². The quantitative estimate of drug-likeness (QED) is 0.219. The van der Waals surface area contributed by atoms with Crippen molar-refractivity contribution in [2.75, 3.05) is 13.2 Å². The van der Waals surface area contributed by atoms with Gasteiger partial charge in [0.25, 0.3) is 0 Å². The van der Waals surface area contributed by atoms with Crippen molar-refractivity contribution in [2.45, 2.75) is 0 Å². The molecule has 92 valence electrons. The largest absolute Gasteiger partial charge is 0.484 e. The molecule has 0 radical (unpaired) electrons. The van der Waals surface area contributed by atoms with Crippen LogP contribution in [0.4, 0.5) is 5.69 Å². The van der Waals surface area contributed by atoms with E-state index in [-0.39, 0.29) is 36.0 Å². The number of oxime groups is 1. The molecule has 1 aromatic carbocycles. The fourth-order valence-electron chi connectivity index (χ4n) is 1.15. The van der Waals surface area contributed by atoms with E-state index in [1.165, 1.54) is 12.1 Å². The SMILES string of the molecule is NC(=NO)c1ccc(OCCO)c([N+](=O)[O-])c1. The third-order valence-corrected chi connectivity index (χ3v) is 1.91. The molecule has 0 spiro atoms. The van der Waals surface area contributed by atoms with Crippen molar-refractivity contribution >= 4 is 11.5 Å². The summed E-state index contributed by atoms with van der Waals surface area (Å²) in [5.41, 5.74) is 5.20. The first kappa shape index (κ1) is 12.7. The molecule has 1 aromatic rings. The van der Waals surface area contributed by atoms with E-state index in [0.717, 1.165) is 6.07 Å². The first-order chi connectivity index (χ1) is 8.10. The van der Waals surface area contributed by atoms with Gasteiger partial charge in [-0.15, -0.1) is 0 Å². The lowest BCUT2D eigenvalue weighted by molar-refractivity contribution is -0.385. The van der Waals surface area contributed by atoms with Crippen molar-refractivity contribution < 1.29 is 20.0 Å². The molecule has 8 nitrogen and oxygen atoms in total. The minimum Gasteiger partial charge on any atom is -0.484 e. The molecular weight excluding hydrogens is 230 g/mol. The molecule has 0 atom stereocenters. The summed E-state index contributed by atoms with van der Waals surface area (Å²) in [5.74, 6) is -0.222. The van der Waals surface area contributed by atoms with Crippen LogP contribution in [0, 0.1) is 10.1 Å². The van der Waals surface area contributed by atoms with E-state index < -0.39 is 4.92 Å². The van der Waals surface area contributed by atoms with Crippen molar-refractivity contribution in [3.63, 3.8) is 0 Å². The van der Waals surface area contributed by atoms with Crippen LogP contribution < -0.4 is 10.5 Å². The highest BCUT2D eigenvalue weighted by Gasteiger charge is 2.17. The number of rotatable bonds is 5. The second-order valence-corrected chi connectivity index (χ2v) is 3.00. The van der Waals surface area contributed by atoms with Gasteiger partial charge in [0.15, 0.2) is 11.6 Å². The summed E-state index contributed by atoms with van der Waals surface area (Å²) in [7, 11) is 0. The summed E-state index contributed by atoms with van der Waals surface area (Å²) in [4.78, 5) is 10.1. The average molecular weight is 241 g/mol. The lowest BCUT2D eigenvalue weighted by Crippen LogP contribution is -2.13. The minimum absolute atomic E-state index is 0.0125. The average Bonchev–Trinajstić information content (AvgIpc) is 2.35. The van der Waals surface area contributed by atoms with Crippen LogP contribution in [0.2, 0.25) is 0 Å². The van der Waals surface area contributed by atoms with Crippen LogP contribution in [0.15, 0.2) is 23.4 Å². The maximum Gasteiger partial charge on any atom is 0.311 e. The number of nitrogens with two attached hydrogens (primary N) is 1. The molecule has 0 aliphatic rings. The van der Waals surface area contributed by atoms with E-state index in [1.54, 1.807) is 0 Å². The van der Waals surface area contributed by atoms with E-state index in [2.05, 4.69) is 5.16 Å². The Bertz CT molecular complexity index is 446. The summed E-state index contributed by atoms with van der Waals surface area (Å²) in [5, 5.41) is 30.5. The number of aliphatic hydroxyl groups excluding tert-OH is 1. The number of nitro groups is 1. The Morgan fingerprint density at radius 3 is 2.82 bits per heavy atom. The molecule has 0 saturated heterocycles. The van der Waals surface area contributed by atoms with E-state index in [0.29, 0.717) is 0 Å². The second-order valence-electron chi connectivity index (χ2n) is 3.00. The predicted octanol–water partition coefficient (Wildman–Crippen LogP) is 0.0604. The molecule has 0 saturated carbocycles. The monoisotopic (exact) mass is 241 g/mol. The highest BCUT2D eigenvalue weighted by Crippen LogP contribution is 2.27. The topological polar surface area (TPSA) is 131 Å². The Hall–Kier alpha value is -2.35. The van der Waals surface area contributed by atoms with Crippen molar-refractivity contribution in [1.29, 1.82) is 0 Å². The fourth-order valence-corrected chi connectivity index (χ4v) is 1.15. The van der Waals surface area contributed by atoms with E-state index in [1.807, 2.05) is 0 Å². The molecule has 0 heterocycles. The normalized spacial score (nSPS) is 11.2. The standard InChI is InChI=1S/C9H11N3O5/c10-9(11-14)6-1-2-8(17-4-3-13)7(5-6)12(15)16/h1-2,5,13-14H,3-4H2,(H2,10,11). The molecular formula is C9H11N3O5. The van der Waals surface area contributed by atoms with Gasteiger partial charge in [0.2, 0.25) is 0 Å². The molecule has 0 unspecified atom stereocenters. The van der Waals surface area contributed by atoms with Crippen molar-refractivity contribution in [1.82, 2.24) is 0 Å². The molecule has 8 heteroatoms. The molecule has 17 heavy (non-hydrogen) atoms. The number of hydrogen-bond acceptors (Lipinski definition) is 6. The smallest absolute Gasteiger partial charge is 0.311 e. The maximum absolute atomic E-state index is 10.8. The molecule has 0 aliphatic heterocycles. The highest BCUT2D eigenvalue weighted by molar-refractivity contribution is 5.97. The number of benzene rings is 1. The molecule has 0 bridgehead atoms. The van der Waals surface area contributed by atoms with Gasteiger partial charge in [0.1, 0.15) is 6.61 Å². The lowest BCUT2D eigenvalue weighted by atomic mass is 10.1. The third kappa shape index (κ3) is 3.05. The number of hydrogen-bond donors (Lipinski definition) is 3. The Morgan fingerprint density at radius 1 is 1.59 bits per heavy atom. The first-order valence-electron chi connectivity index (χ1n) is 4.60. The van der Waals surface area contributed by atoms with Crippen LogP contribution in [0.1, 0.15) is 5.56 Å². The molecule has 0 aliphatic carbocycles. The Labute approximate surface area is 96.1 Å². The minimum atomic E-state index is -0.652. The van der Waals surface area contributed by atoms with Gasteiger partial charge < -0.3 is 20.8 Å². The van der Waals surface area contributed by atoms with E-state index >= 15 is 0 Å². The highest BCUT2D eigenvalue weighted by atomic mass is 16.6. The van der Waals surface area contributed by atoms with Gasteiger partial charge in [-0.25, -0.2) is 0 Å². The van der Waals surface area contributed by atoms with Crippen LogP contribution in [0.3, 0.4) is 0 Å². The molecule has 0 fully saturated rings. The summed E-state index contributed by atoms with van der Waals surface area (Å²) < 4.78 is 4.98. The zero-order valence-corrected chi connectivity index (χ0v) is 8.74. The van der Waals surface area contributed by atoms with Crippen molar-refractivity contribution in [2.24, 2.45) is 10.9 Å². The molecule has 1 rings (SSSR count). The predicted molar refractivity (Wildman–Crippen MR) is 58.2 cm³/mol. The third-order valence-electron chi connectivity index (χ3n) is 1.91. The number of aliphatic hydroxyl groups is 1. The molecule has 0 amide bonds. The summed E-state index contributed by atoms with van der Waals surface area (Å²) in [6.45, 7) is -0.303. The number of ether oxygens (including phenoxy) is 1. The van der Waals surface area contributed by atoms with E-state index in [9.17, 15) is 10.1 Å². The zero-order valence-electron chi connectivity index (χ0n) is 8.74. The molecule has 4 N–H and O–H groups in total. The summed E-state index contributed by atoms with van der Waals surface area (Å²) >= 11 is 0. The summed E-state index contributed by atoms with van der Waals surface area (Å²) in [6, 6.07) is 3.86. The number of amidine groups is 1. The van der Waals surface area contributed by atoms with Crippen molar-refractivity contribution in [3.8, 4) is 5.75 Å². The van der Waals surface area contributed by atoms with Crippen LogP contribution in [-0.2, 0) is 0 Å². The maximum atomic E-state index is 10.8. The number of nitrogens with zero attached hydrogens (tertiary/aromatic N) is 2. The van der Waals surface area contributed by atoms with Crippen LogP contribution >= 0.6 is 0 Å². The first-order valence-corrected chi connectivity index (χ1v) is 4.60. The fraction of sp³-hybridized carbons (Fsp3) is 0.222. The van der Waals surface area contributed by atoms with Gasteiger partial charge in [-0.3, -0.25) is 10.1 Å². The van der Waals surface area contributed by atoms with Gasteiger partial charge in [0, 0.05) is 11.6 Å².